The summed E-state index contributed by atoms with van der Waals surface area (Å²) in [6, 6.07) is 53.9. The molecule has 0 saturated heterocycles. The van der Waals surface area contributed by atoms with Crippen molar-refractivity contribution in [2.75, 3.05) is 16.8 Å². The Balaban J connectivity index is 0.00000518. The van der Waals surface area contributed by atoms with Crippen LogP contribution in [0.5, 0.6) is 11.5 Å². The van der Waals surface area contributed by atoms with Crippen molar-refractivity contribution in [1.29, 1.82) is 0 Å². The maximum Gasteiger partial charge on any atom is 0.135 e. The molecule has 0 bridgehead atoms. The predicted octanol–water partition coefficient (Wildman–Crippen LogP) is 15.6. The van der Waals surface area contributed by atoms with Gasteiger partial charge in [0.05, 0.1) is 0 Å². The van der Waals surface area contributed by atoms with E-state index in [2.05, 4.69) is 209 Å². The molecule has 6 heteroatoms. The SMILES string of the molecule is CC(C)c1cc(C(C)C)c(-c2cc(Oc3[c-]c4c(cc3)c3ccccc3n4-c3cc(C4(c5ccccc5)CCCCC4)ccn3)[c-]c(N3[CH-]N(C)c4ccccc43)c2)c(C(C)C)c1.[Pt]. The minimum absolute atomic E-state index is 0. The molecule has 1 aliphatic carbocycles. The smallest absolute Gasteiger partial charge is 0.135 e. The molecule has 0 atom stereocenters. The molecule has 1 aliphatic heterocycles. The Labute approximate surface area is 394 Å². The van der Waals surface area contributed by atoms with Gasteiger partial charge in [-0.3, -0.25) is 0 Å². The van der Waals surface area contributed by atoms with E-state index >= 15 is 0 Å². The number of hydrogen-bond donors (Lipinski definition) is 0. The number of pyridine rings is 1. The van der Waals surface area contributed by atoms with E-state index in [4.69, 9.17) is 9.72 Å². The predicted molar refractivity (Wildman–Crippen MR) is 262 cm³/mol. The van der Waals surface area contributed by atoms with Crippen LogP contribution in [0.4, 0.5) is 17.1 Å². The van der Waals surface area contributed by atoms with Crippen LogP contribution in [0.2, 0.25) is 0 Å². The number of fused-ring (bicyclic) bond motifs is 4. The zero-order chi connectivity index (χ0) is 43.4. The summed E-state index contributed by atoms with van der Waals surface area (Å²) in [5.74, 6) is 3.23. The Bertz CT molecular complexity index is 2930. The summed E-state index contributed by atoms with van der Waals surface area (Å²) in [4.78, 5) is 9.49. The van der Waals surface area contributed by atoms with Crippen LogP contribution in [0.1, 0.15) is 119 Å². The molecule has 0 N–H and O–H groups in total. The molecule has 0 amide bonds. The fraction of sp³-hybridized carbons (Fsp3) is 0.276. The van der Waals surface area contributed by atoms with Crippen LogP contribution < -0.4 is 14.5 Å². The summed E-state index contributed by atoms with van der Waals surface area (Å²) in [6.45, 7) is 16.0. The third-order valence-electron chi connectivity index (χ3n) is 13.7. The van der Waals surface area contributed by atoms with E-state index in [0.717, 1.165) is 63.1 Å². The first-order chi connectivity index (χ1) is 30.6. The molecule has 1 fully saturated rings. The molecule has 8 aromatic rings. The Hall–Kier alpha value is -5.64. The van der Waals surface area contributed by atoms with Crippen molar-refractivity contribution in [2.24, 2.45) is 0 Å². The van der Waals surface area contributed by atoms with Gasteiger partial charge in [0.2, 0.25) is 0 Å². The Morgan fingerprint density at radius 1 is 0.641 bits per heavy atom. The molecule has 2 aromatic heterocycles. The molecule has 5 nitrogen and oxygen atoms in total. The van der Waals surface area contributed by atoms with Gasteiger partial charge in [0.15, 0.2) is 0 Å². The van der Waals surface area contributed by atoms with Gasteiger partial charge in [-0.05, 0) is 107 Å². The second-order valence-corrected chi connectivity index (χ2v) is 18.7. The second kappa shape index (κ2) is 17.7. The van der Waals surface area contributed by atoms with Crippen molar-refractivity contribution in [2.45, 2.75) is 96.8 Å². The first kappa shape index (κ1) is 43.6. The van der Waals surface area contributed by atoms with E-state index in [1.165, 1.54) is 52.6 Å². The van der Waals surface area contributed by atoms with Crippen LogP contribution in [0.25, 0.3) is 38.8 Å². The van der Waals surface area contributed by atoms with E-state index in [0.29, 0.717) is 29.3 Å². The van der Waals surface area contributed by atoms with E-state index in [-0.39, 0.29) is 26.5 Å². The third kappa shape index (κ3) is 7.74. The second-order valence-electron chi connectivity index (χ2n) is 18.7. The van der Waals surface area contributed by atoms with Crippen LogP contribution in [0, 0.1) is 18.8 Å². The standard InChI is InChI=1S/C58H57N4O.Pt/c1-38(2)41-32-50(39(3)4)57(51(33-41)40(5)6)42-30-45(61-37-60(7)53-22-14-15-23-54(53)61)35-47(31-42)63-46-24-25-49-48-20-12-13-21-52(48)62(55(49)36-46)56-34-44(26-29-59-56)58(27-16-9-17-28-58)43-18-10-8-11-19-43;/h8,10-15,18-26,29-34,37-40H,9,16-17,27-28H2,1-7H3;/q-3;. The summed E-state index contributed by atoms with van der Waals surface area (Å²) in [5.41, 5.74) is 14.4. The summed E-state index contributed by atoms with van der Waals surface area (Å²) in [6.07, 6.45) is 7.98. The molecule has 10 rings (SSSR count). The zero-order valence-electron chi connectivity index (χ0n) is 38.1. The molecular weight excluding hydrogens is 964 g/mol. The molecule has 1 saturated carbocycles. The van der Waals surface area contributed by atoms with Crippen molar-refractivity contribution >= 4 is 38.9 Å². The maximum absolute atomic E-state index is 7.01. The van der Waals surface area contributed by atoms with Gasteiger partial charge in [-0.2, -0.15) is 12.7 Å². The van der Waals surface area contributed by atoms with E-state index in [1.807, 2.05) is 6.20 Å². The molecule has 2 aliphatic rings. The van der Waals surface area contributed by atoms with Crippen LogP contribution in [0.15, 0.2) is 134 Å². The van der Waals surface area contributed by atoms with Crippen molar-refractivity contribution < 1.29 is 25.8 Å². The van der Waals surface area contributed by atoms with Crippen molar-refractivity contribution in [3.8, 4) is 28.4 Å². The largest absolute Gasteiger partial charge is 0.509 e. The average molecular weight is 1020 g/mol. The molecule has 328 valence electrons. The summed E-state index contributed by atoms with van der Waals surface area (Å²) in [5, 5.41) is 2.27. The van der Waals surface area contributed by atoms with Crippen molar-refractivity contribution in [3.05, 3.63) is 180 Å². The number of hydrogen-bond acceptors (Lipinski definition) is 4. The molecule has 3 heterocycles. The van der Waals surface area contributed by atoms with E-state index in [9.17, 15) is 0 Å². The van der Waals surface area contributed by atoms with Crippen molar-refractivity contribution in [1.82, 2.24) is 9.55 Å². The minimum Gasteiger partial charge on any atom is -0.509 e. The van der Waals surface area contributed by atoms with Crippen molar-refractivity contribution in [3.63, 3.8) is 0 Å². The molecule has 0 radical (unpaired) electrons. The van der Waals surface area contributed by atoms with Gasteiger partial charge in [0.25, 0.3) is 0 Å². The number of ether oxygens (including phenoxy) is 1. The summed E-state index contributed by atoms with van der Waals surface area (Å²) < 4.78 is 9.28. The summed E-state index contributed by atoms with van der Waals surface area (Å²) >= 11 is 0. The molecular formula is C58H57N4OPt-3. The quantitative estimate of drug-likeness (QED) is 0.128. The maximum atomic E-state index is 7.01. The van der Waals surface area contributed by atoms with Crippen LogP contribution in [0.3, 0.4) is 0 Å². The Morgan fingerprint density at radius 3 is 2.05 bits per heavy atom. The van der Waals surface area contributed by atoms with Gasteiger partial charge in [-0.15, -0.1) is 47.0 Å². The normalized spacial score (nSPS) is 14.8. The fourth-order valence-electron chi connectivity index (χ4n) is 10.4. The monoisotopic (exact) mass is 1020 g/mol. The third-order valence-corrected chi connectivity index (χ3v) is 13.7. The van der Waals surface area contributed by atoms with Crippen LogP contribution in [-0.4, -0.2) is 16.6 Å². The Morgan fingerprint density at radius 2 is 1.33 bits per heavy atom. The van der Waals surface area contributed by atoms with Gasteiger partial charge in [-0.1, -0.05) is 139 Å². The molecule has 64 heavy (non-hydrogen) atoms. The van der Waals surface area contributed by atoms with E-state index in [1.54, 1.807) is 0 Å². The first-order valence-electron chi connectivity index (χ1n) is 23.0. The number of anilines is 3. The zero-order valence-corrected chi connectivity index (χ0v) is 40.3. The van der Waals surface area contributed by atoms with Gasteiger partial charge in [0, 0.05) is 61.1 Å². The molecule has 0 unspecified atom stereocenters. The van der Waals surface area contributed by atoms with Crippen LogP contribution in [-0.2, 0) is 26.5 Å². The Kier molecular flexibility index (Phi) is 12.1. The minimum atomic E-state index is -0.0471. The van der Waals surface area contributed by atoms with Crippen LogP contribution >= 0.6 is 0 Å². The van der Waals surface area contributed by atoms with Gasteiger partial charge in [0.1, 0.15) is 5.82 Å². The number of benzene rings is 6. The molecule has 6 aromatic carbocycles. The van der Waals surface area contributed by atoms with Gasteiger partial charge in [-0.25, -0.2) is 4.98 Å². The van der Waals surface area contributed by atoms with Gasteiger partial charge < -0.3 is 19.1 Å². The topological polar surface area (TPSA) is 33.5 Å². The van der Waals surface area contributed by atoms with Gasteiger partial charge >= 0.3 is 0 Å². The summed E-state index contributed by atoms with van der Waals surface area (Å²) in [7, 11) is 2.10. The number of nitrogens with zero attached hydrogens (tertiary/aromatic N) is 4. The number of aromatic nitrogens is 2. The first-order valence-corrected chi connectivity index (χ1v) is 23.0. The van der Waals surface area contributed by atoms with E-state index < -0.39 is 0 Å². The average Bonchev–Trinajstić information content (AvgIpc) is 3.83. The molecule has 0 spiro atoms. The number of para-hydroxylation sites is 3. The number of rotatable bonds is 10. The fourth-order valence-corrected chi connectivity index (χ4v) is 10.4.